The van der Waals surface area contributed by atoms with Crippen molar-refractivity contribution in [1.29, 1.82) is 0 Å². The van der Waals surface area contributed by atoms with Crippen molar-refractivity contribution < 1.29 is 5.11 Å². The molecule has 1 nitrogen and oxygen atoms in total. The molecule has 0 aromatic heterocycles. The fourth-order valence-electron chi connectivity index (χ4n) is 2.35. The van der Waals surface area contributed by atoms with E-state index in [1.807, 2.05) is 54.6 Å². The van der Waals surface area contributed by atoms with Gasteiger partial charge in [-0.15, -0.1) is 0 Å². The van der Waals surface area contributed by atoms with Gasteiger partial charge in [-0.25, -0.2) is 0 Å². The zero-order valence-corrected chi connectivity index (χ0v) is 11.6. The van der Waals surface area contributed by atoms with Gasteiger partial charge >= 0.3 is 0 Å². The van der Waals surface area contributed by atoms with Crippen LogP contribution in [0, 0.1) is 0 Å². The van der Waals surface area contributed by atoms with Crippen molar-refractivity contribution in [2.24, 2.45) is 0 Å². The Bertz CT molecular complexity index is 743. The quantitative estimate of drug-likeness (QED) is 0.667. The van der Waals surface area contributed by atoms with Crippen molar-refractivity contribution in [3.63, 3.8) is 0 Å². The van der Waals surface area contributed by atoms with Gasteiger partial charge in [0.2, 0.25) is 0 Å². The standard InChI is InChI=1S/C20H16O/c21-20-14-8-7-13-18(20)19(17-11-5-2-6-12-17)15-16-9-3-1-4-10-16/h1-15,21H. The van der Waals surface area contributed by atoms with Crippen LogP contribution in [0.15, 0.2) is 84.9 Å². The Morgan fingerprint density at radius 2 is 1.24 bits per heavy atom. The third-order valence-electron chi connectivity index (χ3n) is 3.39. The smallest absolute Gasteiger partial charge is 0.123 e. The van der Waals surface area contributed by atoms with Gasteiger partial charge in [-0.3, -0.25) is 0 Å². The maximum Gasteiger partial charge on any atom is 0.123 e. The summed E-state index contributed by atoms with van der Waals surface area (Å²) in [4.78, 5) is 0. The molecule has 0 fully saturated rings. The summed E-state index contributed by atoms with van der Waals surface area (Å²) in [5.41, 5.74) is 4.05. The first-order chi connectivity index (χ1) is 10.3. The minimum Gasteiger partial charge on any atom is -0.507 e. The molecule has 0 atom stereocenters. The number of rotatable bonds is 3. The highest BCUT2D eigenvalue weighted by Crippen LogP contribution is 2.31. The summed E-state index contributed by atoms with van der Waals surface area (Å²) < 4.78 is 0. The molecule has 0 aliphatic carbocycles. The molecule has 0 heterocycles. The molecule has 0 saturated carbocycles. The summed E-state index contributed by atoms with van der Waals surface area (Å²) in [6, 6.07) is 27.7. The second-order valence-electron chi connectivity index (χ2n) is 4.85. The first kappa shape index (κ1) is 13.2. The molecule has 3 aromatic rings. The van der Waals surface area contributed by atoms with Crippen molar-refractivity contribution in [3.8, 4) is 5.75 Å². The summed E-state index contributed by atoms with van der Waals surface area (Å²) in [6.45, 7) is 0. The monoisotopic (exact) mass is 272 g/mol. The van der Waals surface area contributed by atoms with Crippen molar-refractivity contribution in [2.45, 2.75) is 0 Å². The molecule has 0 bridgehead atoms. The van der Waals surface area contributed by atoms with Crippen LogP contribution in [0.2, 0.25) is 0 Å². The average Bonchev–Trinajstić information content (AvgIpc) is 2.55. The Morgan fingerprint density at radius 1 is 0.667 bits per heavy atom. The van der Waals surface area contributed by atoms with E-state index in [1.54, 1.807) is 6.07 Å². The van der Waals surface area contributed by atoms with E-state index >= 15 is 0 Å². The number of phenols is 1. The topological polar surface area (TPSA) is 20.2 Å². The Morgan fingerprint density at radius 3 is 1.90 bits per heavy atom. The van der Waals surface area contributed by atoms with Gasteiger partial charge in [0.25, 0.3) is 0 Å². The predicted octanol–water partition coefficient (Wildman–Crippen LogP) is 4.98. The Labute approximate surface area is 124 Å². The first-order valence-electron chi connectivity index (χ1n) is 6.95. The maximum atomic E-state index is 10.2. The van der Waals surface area contributed by atoms with Crippen LogP contribution < -0.4 is 0 Å². The number of hydrogen-bond acceptors (Lipinski definition) is 1. The number of benzene rings is 3. The summed E-state index contributed by atoms with van der Waals surface area (Å²) in [7, 11) is 0. The van der Waals surface area contributed by atoms with Crippen molar-refractivity contribution in [2.75, 3.05) is 0 Å². The van der Waals surface area contributed by atoms with Crippen LogP contribution in [-0.4, -0.2) is 5.11 Å². The van der Waals surface area contributed by atoms with E-state index in [9.17, 15) is 5.11 Å². The van der Waals surface area contributed by atoms with Gasteiger partial charge in [0.1, 0.15) is 5.75 Å². The van der Waals surface area contributed by atoms with Crippen molar-refractivity contribution in [3.05, 3.63) is 102 Å². The Balaban J connectivity index is 2.17. The molecule has 0 unspecified atom stereocenters. The second kappa shape index (κ2) is 6.10. The Kier molecular flexibility index (Phi) is 3.83. The van der Waals surface area contributed by atoms with Gasteiger partial charge in [-0.2, -0.15) is 0 Å². The molecule has 0 radical (unpaired) electrons. The highest BCUT2D eigenvalue weighted by molar-refractivity contribution is 5.93. The molecule has 0 aliphatic rings. The van der Waals surface area contributed by atoms with E-state index in [2.05, 4.69) is 30.3 Å². The highest BCUT2D eigenvalue weighted by atomic mass is 16.3. The van der Waals surface area contributed by atoms with E-state index in [1.165, 1.54) is 0 Å². The number of phenolic OH excluding ortho intramolecular Hbond substituents is 1. The summed E-state index contributed by atoms with van der Waals surface area (Å²) in [5, 5.41) is 10.2. The molecule has 1 N–H and O–H groups in total. The van der Waals surface area contributed by atoms with Crippen molar-refractivity contribution >= 4 is 11.6 Å². The molecular formula is C20H16O. The zero-order chi connectivity index (χ0) is 14.5. The van der Waals surface area contributed by atoms with Crippen LogP contribution in [0.3, 0.4) is 0 Å². The summed E-state index contributed by atoms with van der Waals surface area (Å²) in [6.07, 6.45) is 2.10. The van der Waals surface area contributed by atoms with Crippen LogP contribution >= 0.6 is 0 Å². The normalized spacial score (nSPS) is 11.3. The molecule has 3 aromatic carbocycles. The van der Waals surface area contributed by atoms with Crippen LogP contribution in [0.5, 0.6) is 5.75 Å². The van der Waals surface area contributed by atoms with E-state index in [4.69, 9.17) is 0 Å². The van der Waals surface area contributed by atoms with Gasteiger partial charge < -0.3 is 5.11 Å². The lowest BCUT2D eigenvalue weighted by atomic mass is 9.95. The maximum absolute atomic E-state index is 10.2. The third-order valence-corrected chi connectivity index (χ3v) is 3.39. The molecule has 0 amide bonds. The third kappa shape index (κ3) is 3.03. The molecule has 21 heavy (non-hydrogen) atoms. The lowest BCUT2D eigenvalue weighted by Crippen LogP contribution is -1.89. The predicted molar refractivity (Wildman–Crippen MR) is 88.0 cm³/mol. The van der Waals surface area contributed by atoms with Gasteiger partial charge in [0, 0.05) is 5.56 Å². The second-order valence-corrected chi connectivity index (χ2v) is 4.85. The van der Waals surface area contributed by atoms with Crippen LogP contribution in [0.1, 0.15) is 16.7 Å². The lowest BCUT2D eigenvalue weighted by Gasteiger charge is -2.10. The molecule has 1 heteroatoms. The Hall–Kier alpha value is -2.80. The molecule has 3 rings (SSSR count). The molecule has 0 spiro atoms. The van der Waals surface area contributed by atoms with E-state index in [-0.39, 0.29) is 0 Å². The molecule has 0 aliphatic heterocycles. The summed E-state index contributed by atoms with van der Waals surface area (Å²) >= 11 is 0. The van der Waals surface area contributed by atoms with E-state index in [0.717, 1.165) is 22.3 Å². The lowest BCUT2D eigenvalue weighted by molar-refractivity contribution is 0.473. The average molecular weight is 272 g/mol. The van der Waals surface area contributed by atoms with E-state index in [0.29, 0.717) is 5.75 Å². The highest BCUT2D eigenvalue weighted by Gasteiger charge is 2.09. The number of hydrogen-bond donors (Lipinski definition) is 1. The van der Waals surface area contributed by atoms with Crippen LogP contribution in [-0.2, 0) is 0 Å². The van der Waals surface area contributed by atoms with Gasteiger partial charge in [0.15, 0.2) is 0 Å². The SMILES string of the molecule is Oc1ccccc1C(=Cc1ccccc1)c1ccccc1. The largest absolute Gasteiger partial charge is 0.507 e. The number of para-hydroxylation sites is 1. The molecule has 0 saturated heterocycles. The minimum atomic E-state index is 0.295. The van der Waals surface area contributed by atoms with Gasteiger partial charge in [-0.1, -0.05) is 78.9 Å². The summed E-state index contributed by atoms with van der Waals surface area (Å²) in [5.74, 6) is 0.295. The van der Waals surface area contributed by atoms with Crippen LogP contribution in [0.4, 0.5) is 0 Å². The molecule has 102 valence electrons. The first-order valence-corrected chi connectivity index (χ1v) is 6.95. The number of aromatic hydroxyl groups is 1. The van der Waals surface area contributed by atoms with E-state index < -0.39 is 0 Å². The van der Waals surface area contributed by atoms with Crippen LogP contribution in [0.25, 0.3) is 11.6 Å². The minimum absolute atomic E-state index is 0.295. The van der Waals surface area contributed by atoms with Gasteiger partial charge in [0.05, 0.1) is 0 Å². The fraction of sp³-hybridized carbons (Fsp3) is 0. The van der Waals surface area contributed by atoms with Crippen molar-refractivity contribution in [1.82, 2.24) is 0 Å². The van der Waals surface area contributed by atoms with Gasteiger partial charge in [-0.05, 0) is 28.8 Å². The fourth-order valence-corrected chi connectivity index (χ4v) is 2.35. The molecular weight excluding hydrogens is 256 g/mol. The zero-order valence-electron chi connectivity index (χ0n) is 11.6.